The van der Waals surface area contributed by atoms with Crippen LogP contribution in [0.25, 0.3) is 61.9 Å². The molecule has 93 heavy (non-hydrogen) atoms. The highest BCUT2D eigenvalue weighted by Crippen LogP contribution is 2.42. The molecule has 0 bridgehead atoms. The fourth-order valence-electron chi connectivity index (χ4n) is 12.1. The van der Waals surface area contributed by atoms with Crippen LogP contribution in [0.5, 0.6) is 0 Å². The maximum atomic E-state index is 4.75. The van der Waals surface area contributed by atoms with Crippen LogP contribution >= 0.6 is 0 Å². The summed E-state index contributed by atoms with van der Waals surface area (Å²) >= 11 is 0. The summed E-state index contributed by atoms with van der Waals surface area (Å²) in [5.74, 6) is 2.92. The first-order valence-corrected chi connectivity index (χ1v) is 34.1. The van der Waals surface area contributed by atoms with E-state index in [-0.39, 0.29) is 0 Å². The van der Waals surface area contributed by atoms with Crippen molar-refractivity contribution in [1.29, 1.82) is 0 Å². The number of fused-ring (bicyclic) bond motifs is 6. The van der Waals surface area contributed by atoms with Crippen molar-refractivity contribution >= 4 is 45.5 Å². The molecule has 0 fully saturated rings. The van der Waals surface area contributed by atoms with Crippen molar-refractivity contribution in [1.82, 2.24) is 58.7 Å². The predicted molar refractivity (Wildman–Crippen MR) is 388 cm³/mol. The van der Waals surface area contributed by atoms with E-state index < -0.39 is 0 Å². The van der Waals surface area contributed by atoms with Crippen LogP contribution in [0.1, 0.15) is 157 Å². The zero-order valence-electron chi connectivity index (χ0n) is 56.8. The molecule has 3 N–H and O–H groups in total. The van der Waals surface area contributed by atoms with Crippen molar-refractivity contribution in [3.8, 4) is 33.8 Å². The van der Waals surface area contributed by atoms with E-state index in [2.05, 4.69) is 125 Å². The lowest BCUT2D eigenvalue weighted by molar-refractivity contribution is 0.605. The Labute approximate surface area is 551 Å². The van der Waals surface area contributed by atoms with Crippen molar-refractivity contribution in [2.75, 3.05) is 22.5 Å². The van der Waals surface area contributed by atoms with E-state index in [4.69, 9.17) is 15.0 Å². The molecule has 2 atom stereocenters. The smallest absolute Gasteiger partial charge is 0.157 e. The second-order valence-electron chi connectivity index (χ2n) is 21.2. The molecule has 0 amide bonds. The number of anilines is 3. The van der Waals surface area contributed by atoms with Crippen molar-refractivity contribution in [2.45, 2.75) is 159 Å². The second kappa shape index (κ2) is 35.6. The minimum Gasteiger partial charge on any atom is -0.370 e. The molecule has 9 aromatic heterocycles. The molecule has 0 saturated heterocycles. The van der Waals surface area contributed by atoms with Crippen molar-refractivity contribution in [3.05, 3.63) is 234 Å². The molecule has 5 aliphatic rings. The number of aromatic nitrogens is 12. The summed E-state index contributed by atoms with van der Waals surface area (Å²) in [6.07, 6.45) is 34.2. The molecule has 482 valence electrons. The molecule has 9 heterocycles. The Balaban J connectivity index is 0.000000166. The van der Waals surface area contributed by atoms with Crippen LogP contribution in [0, 0.1) is 0 Å². The van der Waals surface area contributed by atoms with Crippen LogP contribution in [-0.4, -0.2) is 77.4 Å². The Kier molecular flexibility index (Phi) is 26.4. The van der Waals surface area contributed by atoms with Gasteiger partial charge in [0.25, 0.3) is 0 Å². The third-order valence-corrected chi connectivity index (χ3v) is 16.1. The highest BCUT2D eigenvalue weighted by atomic mass is 15.3. The predicted octanol–water partition coefficient (Wildman–Crippen LogP) is 19.2. The third kappa shape index (κ3) is 16.8. The van der Waals surface area contributed by atoms with Gasteiger partial charge in [0, 0.05) is 109 Å². The first-order valence-electron chi connectivity index (χ1n) is 34.1. The second-order valence-corrected chi connectivity index (χ2v) is 21.2. The van der Waals surface area contributed by atoms with E-state index in [1.165, 1.54) is 39.8 Å². The molecule has 2 aromatic carbocycles. The quantitative estimate of drug-likeness (QED) is 0.112. The lowest BCUT2D eigenvalue weighted by Crippen LogP contribution is -2.24. The molecular formula is C78H95N15. The van der Waals surface area contributed by atoms with Gasteiger partial charge in [0.05, 0.1) is 35.7 Å². The van der Waals surface area contributed by atoms with E-state index in [1.807, 2.05) is 176 Å². The first kappa shape index (κ1) is 69.0. The van der Waals surface area contributed by atoms with E-state index in [9.17, 15) is 0 Å². The number of nitrogens with one attached hydrogen (secondary N) is 3. The molecule has 16 rings (SSSR count). The maximum Gasteiger partial charge on any atom is 0.157 e. The minimum atomic E-state index is 0.386. The molecule has 15 nitrogen and oxygen atoms in total. The molecular weight excluding hydrogens is 1150 g/mol. The highest BCUT2D eigenvalue weighted by Gasteiger charge is 2.29. The van der Waals surface area contributed by atoms with Gasteiger partial charge in [0.1, 0.15) is 17.5 Å². The summed E-state index contributed by atoms with van der Waals surface area (Å²) in [4.78, 5) is 26.8. The zero-order valence-corrected chi connectivity index (χ0v) is 56.8. The summed E-state index contributed by atoms with van der Waals surface area (Å²) in [7, 11) is 0. The molecule has 11 aromatic rings. The Bertz CT molecular complexity index is 4210. The van der Waals surface area contributed by atoms with Crippen LogP contribution in [0.3, 0.4) is 0 Å². The van der Waals surface area contributed by atoms with Crippen LogP contribution in [0.15, 0.2) is 212 Å². The number of hydrogen-bond donors (Lipinski definition) is 3. The summed E-state index contributed by atoms with van der Waals surface area (Å²) < 4.78 is 5.62. The number of nitrogens with zero attached hydrogens (tertiary/aromatic N) is 12. The normalized spacial score (nSPS) is 14.9. The molecule has 0 aliphatic heterocycles. The lowest BCUT2D eigenvalue weighted by atomic mass is 9.88. The standard InChI is InChI=1S/C24H21N5.C22H19N5.C20H19N5.6C2H6/c1-2-6-20-16(4-1)12-17-7-8-19(13-21(17)20)27-24-14-22(18-5-3-10-25-15-18)28-23-9-11-26-29(23)24;1-2-6-19-16(4-1)7-8-17(19)9-12-24-22-14-20(18-5-3-11-23-15-18)26-21-10-13-25-27(21)22;1-3-14-6-7-17(11-15(14)4-1)23-20-12-18(16-5-2-9-21-13-16)24-19-8-10-22-25(19)20;6*1-2/h1-6,9-11,14-15,19,27H,7-8,12-13H2;1-6,8,10-11,13-15,24H,7,9,12H2;1-2,4-5,8-10,12-13,17,23H,3,6-7,11H2;6*1-2H3. The average molecular weight is 1240 g/mol. The number of benzene rings is 2. The van der Waals surface area contributed by atoms with Crippen molar-refractivity contribution in [2.24, 2.45) is 0 Å². The van der Waals surface area contributed by atoms with E-state index >= 15 is 0 Å². The highest BCUT2D eigenvalue weighted by molar-refractivity contribution is 5.78. The Morgan fingerprint density at radius 3 is 1.43 bits per heavy atom. The van der Waals surface area contributed by atoms with E-state index in [1.54, 1.807) is 53.9 Å². The number of allylic oxidation sites excluding steroid dienone is 5. The molecule has 15 heteroatoms. The van der Waals surface area contributed by atoms with Gasteiger partial charge >= 0.3 is 0 Å². The molecule has 2 unspecified atom stereocenters. The summed E-state index contributed by atoms with van der Waals surface area (Å²) in [6, 6.07) is 42.2. The first-order chi connectivity index (χ1) is 46.1. The molecule has 0 saturated carbocycles. The van der Waals surface area contributed by atoms with Gasteiger partial charge in [-0.2, -0.15) is 28.8 Å². The summed E-state index contributed by atoms with van der Waals surface area (Å²) in [5, 5.41) is 24.3. The zero-order chi connectivity index (χ0) is 65.9. The van der Waals surface area contributed by atoms with Gasteiger partial charge in [-0.1, -0.05) is 161 Å². The van der Waals surface area contributed by atoms with Crippen molar-refractivity contribution < 1.29 is 0 Å². The number of rotatable bonds is 11. The van der Waals surface area contributed by atoms with Crippen LogP contribution in [-0.2, 0) is 12.8 Å². The summed E-state index contributed by atoms with van der Waals surface area (Å²) in [5.41, 5.74) is 21.7. The fraction of sp³-hybridized carbons (Fsp3) is 0.321. The Morgan fingerprint density at radius 2 is 0.914 bits per heavy atom. The summed E-state index contributed by atoms with van der Waals surface area (Å²) in [6.45, 7) is 24.8. The van der Waals surface area contributed by atoms with Gasteiger partial charge in [-0.15, -0.1) is 0 Å². The topological polar surface area (TPSA) is 165 Å². The van der Waals surface area contributed by atoms with E-state index in [0.29, 0.717) is 12.1 Å². The molecule has 5 aliphatic carbocycles. The van der Waals surface area contributed by atoms with Crippen molar-refractivity contribution in [3.63, 3.8) is 0 Å². The van der Waals surface area contributed by atoms with Gasteiger partial charge in [0.15, 0.2) is 16.9 Å². The van der Waals surface area contributed by atoms with Gasteiger partial charge in [-0.25, -0.2) is 15.0 Å². The Hall–Kier alpha value is -9.89. The molecule has 0 radical (unpaired) electrons. The van der Waals surface area contributed by atoms with Crippen LogP contribution < -0.4 is 16.0 Å². The number of hydrogen-bond acceptors (Lipinski definition) is 12. The minimum absolute atomic E-state index is 0.386. The lowest BCUT2D eigenvalue weighted by Gasteiger charge is -2.26. The van der Waals surface area contributed by atoms with Crippen LogP contribution in [0.4, 0.5) is 17.5 Å². The Morgan fingerprint density at radius 1 is 0.452 bits per heavy atom. The largest absolute Gasteiger partial charge is 0.370 e. The van der Waals surface area contributed by atoms with E-state index in [0.717, 1.165) is 132 Å². The molecule has 0 spiro atoms. The third-order valence-electron chi connectivity index (χ3n) is 16.1. The van der Waals surface area contributed by atoms with Gasteiger partial charge in [0.2, 0.25) is 0 Å². The maximum absolute atomic E-state index is 4.75. The number of pyridine rings is 3. The van der Waals surface area contributed by atoms with Crippen LogP contribution in [0.2, 0.25) is 0 Å². The fourth-order valence-corrected chi connectivity index (χ4v) is 12.1. The van der Waals surface area contributed by atoms with Gasteiger partial charge in [-0.05, 0) is 140 Å². The van der Waals surface area contributed by atoms with Gasteiger partial charge < -0.3 is 16.0 Å². The monoisotopic (exact) mass is 1240 g/mol. The average Bonchev–Trinajstić information content (AvgIpc) is 1.75. The van der Waals surface area contributed by atoms with Gasteiger partial charge in [-0.3, -0.25) is 15.0 Å². The SMILES string of the molecule is C1=C(CCNc2cc(-c3cccnc3)nc3ccnn23)c2ccccc2C1.C1=CC2=C(C1)CCC(Nc1cc(-c3cccnc3)nc3ccnn13)C2.CC.CC.CC.CC.CC.CC.c1cncc(-c2cc(NC3CCC4=C(C3)c3ccccc3C4)n3nccc3n2)c1.